The SMILES string of the molecule is CC(C)C(=O)Nc1nc2cc(NC(=O)c3ccnn3C)ccc2s1. The van der Waals surface area contributed by atoms with E-state index in [1.165, 1.54) is 16.0 Å². The normalized spacial score (nSPS) is 11.0. The lowest BCUT2D eigenvalue weighted by Crippen LogP contribution is -2.17. The first-order valence-corrected chi connectivity index (χ1v) is 8.26. The largest absolute Gasteiger partial charge is 0.321 e. The van der Waals surface area contributed by atoms with E-state index in [9.17, 15) is 9.59 Å². The zero-order valence-electron chi connectivity index (χ0n) is 13.5. The Bertz CT molecular complexity index is 912. The van der Waals surface area contributed by atoms with E-state index in [1.54, 1.807) is 25.4 Å². The highest BCUT2D eigenvalue weighted by molar-refractivity contribution is 7.22. The fourth-order valence-electron chi connectivity index (χ4n) is 2.10. The first-order valence-electron chi connectivity index (χ1n) is 7.45. The number of rotatable bonds is 4. The summed E-state index contributed by atoms with van der Waals surface area (Å²) >= 11 is 1.40. The summed E-state index contributed by atoms with van der Waals surface area (Å²) in [5.41, 5.74) is 1.83. The van der Waals surface area contributed by atoms with Crippen molar-refractivity contribution in [3.8, 4) is 0 Å². The molecule has 2 heterocycles. The van der Waals surface area contributed by atoms with Crippen LogP contribution in [0, 0.1) is 5.92 Å². The summed E-state index contributed by atoms with van der Waals surface area (Å²) in [6, 6.07) is 7.11. The van der Waals surface area contributed by atoms with Gasteiger partial charge in [0.05, 0.1) is 10.2 Å². The molecule has 0 saturated heterocycles. The number of hydrogen-bond donors (Lipinski definition) is 2. The Morgan fingerprint density at radius 2 is 2.00 bits per heavy atom. The number of aromatic nitrogens is 3. The Labute approximate surface area is 142 Å². The van der Waals surface area contributed by atoms with Gasteiger partial charge in [0.2, 0.25) is 5.91 Å². The Morgan fingerprint density at radius 1 is 1.21 bits per heavy atom. The van der Waals surface area contributed by atoms with Crippen LogP contribution in [-0.2, 0) is 11.8 Å². The lowest BCUT2D eigenvalue weighted by atomic mass is 10.2. The molecule has 0 fully saturated rings. The zero-order valence-corrected chi connectivity index (χ0v) is 14.3. The van der Waals surface area contributed by atoms with Crippen LogP contribution < -0.4 is 10.6 Å². The Hall–Kier alpha value is -2.74. The summed E-state index contributed by atoms with van der Waals surface area (Å²) in [5, 5.41) is 10.1. The van der Waals surface area contributed by atoms with Crippen molar-refractivity contribution in [2.75, 3.05) is 10.6 Å². The van der Waals surface area contributed by atoms with Crippen LogP contribution >= 0.6 is 11.3 Å². The zero-order chi connectivity index (χ0) is 17.3. The topological polar surface area (TPSA) is 88.9 Å². The number of amides is 2. The van der Waals surface area contributed by atoms with Crippen LogP contribution in [0.25, 0.3) is 10.2 Å². The third-order valence-electron chi connectivity index (χ3n) is 3.45. The molecule has 1 aromatic carbocycles. The molecule has 124 valence electrons. The number of hydrogen-bond acceptors (Lipinski definition) is 5. The second kappa shape index (κ2) is 6.40. The molecule has 2 amide bonds. The highest BCUT2D eigenvalue weighted by Gasteiger charge is 2.13. The number of carbonyl (C=O) groups is 2. The molecular formula is C16H17N5O2S. The van der Waals surface area contributed by atoms with Crippen molar-refractivity contribution in [2.45, 2.75) is 13.8 Å². The molecule has 0 aliphatic heterocycles. The fraction of sp³-hybridized carbons (Fsp3) is 0.250. The number of nitrogens with zero attached hydrogens (tertiary/aromatic N) is 3. The highest BCUT2D eigenvalue weighted by atomic mass is 32.1. The van der Waals surface area contributed by atoms with Gasteiger partial charge in [-0.3, -0.25) is 14.3 Å². The van der Waals surface area contributed by atoms with Gasteiger partial charge < -0.3 is 10.6 Å². The quantitative estimate of drug-likeness (QED) is 0.762. The smallest absolute Gasteiger partial charge is 0.273 e. The van der Waals surface area contributed by atoms with E-state index in [-0.39, 0.29) is 17.7 Å². The third-order valence-corrected chi connectivity index (χ3v) is 4.41. The minimum Gasteiger partial charge on any atom is -0.321 e. The van der Waals surface area contributed by atoms with Crippen LogP contribution in [0.4, 0.5) is 10.8 Å². The average Bonchev–Trinajstić information content (AvgIpc) is 3.12. The summed E-state index contributed by atoms with van der Waals surface area (Å²) < 4.78 is 2.45. The third kappa shape index (κ3) is 3.28. The summed E-state index contributed by atoms with van der Waals surface area (Å²) in [7, 11) is 1.71. The number of benzene rings is 1. The van der Waals surface area contributed by atoms with Gasteiger partial charge in [-0.15, -0.1) is 0 Å². The van der Waals surface area contributed by atoms with E-state index >= 15 is 0 Å². The number of nitrogens with one attached hydrogen (secondary N) is 2. The van der Waals surface area contributed by atoms with E-state index in [4.69, 9.17) is 0 Å². The second-order valence-electron chi connectivity index (χ2n) is 5.64. The van der Waals surface area contributed by atoms with Crippen molar-refractivity contribution < 1.29 is 9.59 Å². The van der Waals surface area contributed by atoms with Crippen LogP contribution in [0.2, 0.25) is 0 Å². The Balaban J connectivity index is 1.80. The van der Waals surface area contributed by atoms with E-state index in [0.29, 0.717) is 16.5 Å². The van der Waals surface area contributed by atoms with E-state index in [2.05, 4.69) is 20.7 Å². The van der Waals surface area contributed by atoms with Gasteiger partial charge in [-0.25, -0.2) is 4.98 Å². The van der Waals surface area contributed by atoms with E-state index < -0.39 is 0 Å². The molecule has 0 unspecified atom stereocenters. The number of aryl methyl sites for hydroxylation is 1. The molecule has 0 atom stereocenters. The van der Waals surface area contributed by atoms with Gasteiger partial charge >= 0.3 is 0 Å². The minimum absolute atomic E-state index is 0.0706. The van der Waals surface area contributed by atoms with E-state index in [0.717, 1.165) is 10.2 Å². The maximum Gasteiger partial charge on any atom is 0.273 e. The number of thiazole rings is 1. The molecular weight excluding hydrogens is 326 g/mol. The second-order valence-corrected chi connectivity index (χ2v) is 6.67. The van der Waals surface area contributed by atoms with Crippen molar-refractivity contribution in [1.29, 1.82) is 0 Å². The molecule has 24 heavy (non-hydrogen) atoms. The van der Waals surface area contributed by atoms with Crippen molar-refractivity contribution in [2.24, 2.45) is 13.0 Å². The lowest BCUT2D eigenvalue weighted by molar-refractivity contribution is -0.118. The van der Waals surface area contributed by atoms with Gasteiger partial charge in [-0.1, -0.05) is 25.2 Å². The van der Waals surface area contributed by atoms with Crippen molar-refractivity contribution in [3.05, 3.63) is 36.2 Å². The van der Waals surface area contributed by atoms with Gasteiger partial charge in [-0.05, 0) is 24.3 Å². The van der Waals surface area contributed by atoms with E-state index in [1.807, 2.05) is 26.0 Å². The average molecular weight is 343 g/mol. The molecule has 0 bridgehead atoms. The number of anilines is 2. The van der Waals surface area contributed by atoms with Gasteiger partial charge in [0.25, 0.3) is 5.91 Å². The van der Waals surface area contributed by atoms with Crippen LogP contribution in [0.5, 0.6) is 0 Å². The molecule has 3 rings (SSSR count). The maximum atomic E-state index is 12.2. The molecule has 7 nitrogen and oxygen atoms in total. The van der Waals surface area contributed by atoms with Crippen molar-refractivity contribution in [1.82, 2.24) is 14.8 Å². The predicted molar refractivity (Wildman–Crippen MR) is 94.2 cm³/mol. The lowest BCUT2D eigenvalue weighted by Gasteiger charge is -2.05. The number of carbonyl (C=O) groups excluding carboxylic acids is 2. The standard InChI is InChI=1S/C16H17N5O2S/c1-9(2)14(22)20-16-19-11-8-10(4-5-13(11)24-16)18-15(23)12-6-7-17-21(12)3/h4-9H,1-3H3,(H,18,23)(H,19,20,22). The summed E-state index contributed by atoms with van der Waals surface area (Å²) in [6.45, 7) is 3.66. The van der Waals surface area contributed by atoms with Gasteiger partial charge in [-0.2, -0.15) is 5.10 Å². The van der Waals surface area contributed by atoms with Crippen molar-refractivity contribution >= 4 is 44.2 Å². The highest BCUT2D eigenvalue weighted by Crippen LogP contribution is 2.28. The van der Waals surface area contributed by atoms with Crippen molar-refractivity contribution in [3.63, 3.8) is 0 Å². The molecule has 3 aromatic rings. The van der Waals surface area contributed by atoms with Crippen LogP contribution in [0.3, 0.4) is 0 Å². The Morgan fingerprint density at radius 3 is 2.67 bits per heavy atom. The van der Waals surface area contributed by atoms with Gasteiger partial charge in [0, 0.05) is 24.8 Å². The molecule has 0 radical (unpaired) electrons. The molecule has 8 heteroatoms. The summed E-state index contributed by atoms with van der Waals surface area (Å²) in [4.78, 5) is 28.4. The predicted octanol–water partition coefficient (Wildman–Crippen LogP) is 2.88. The molecule has 2 N–H and O–H groups in total. The Kier molecular flexibility index (Phi) is 4.30. The minimum atomic E-state index is -0.238. The monoisotopic (exact) mass is 343 g/mol. The first-order chi connectivity index (χ1) is 11.4. The molecule has 0 spiro atoms. The molecule has 2 aromatic heterocycles. The van der Waals surface area contributed by atoms with Gasteiger partial charge in [0.15, 0.2) is 5.13 Å². The molecule has 0 aliphatic carbocycles. The summed E-state index contributed by atoms with van der Waals surface area (Å²) in [6.07, 6.45) is 1.57. The first kappa shape index (κ1) is 16.1. The van der Waals surface area contributed by atoms with Crippen LogP contribution in [0.15, 0.2) is 30.5 Å². The molecule has 0 saturated carbocycles. The van der Waals surface area contributed by atoms with Crippen LogP contribution in [0.1, 0.15) is 24.3 Å². The van der Waals surface area contributed by atoms with Crippen LogP contribution in [-0.4, -0.2) is 26.6 Å². The fourth-order valence-corrected chi connectivity index (χ4v) is 2.95. The van der Waals surface area contributed by atoms with Gasteiger partial charge in [0.1, 0.15) is 5.69 Å². The summed E-state index contributed by atoms with van der Waals surface area (Å²) in [5.74, 6) is -0.414. The number of fused-ring (bicyclic) bond motifs is 1. The molecule has 0 aliphatic rings. The maximum absolute atomic E-state index is 12.2.